The van der Waals surface area contributed by atoms with E-state index in [1.807, 2.05) is 13.3 Å². The maximum atomic E-state index is 10.7. The lowest BCUT2D eigenvalue weighted by Crippen LogP contribution is -2.25. The molecule has 0 aromatic carbocycles. The number of hydrogen-bond donors (Lipinski definition) is 2. The van der Waals surface area contributed by atoms with Crippen LogP contribution >= 0.6 is 12.2 Å². The Labute approximate surface area is 106 Å². The Morgan fingerprint density at radius 2 is 2.24 bits per heavy atom. The highest BCUT2D eigenvalue weighted by atomic mass is 32.1. The number of nitrogens with one attached hydrogen (secondary N) is 1. The molecule has 1 atom stereocenters. The third-order valence-electron chi connectivity index (χ3n) is 2.04. The normalized spacial score (nSPS) is 11.8. The molecule has 3 N–H and O–H groups in total. The minimum atomic E-state index is -0.326. The lowest BCUT2D eigenvalue weighted by atomic mass is 10.0. The first kappa shape index (κ1) is 13.5. The maximum Gasteiger partial charge on any atom is 0.217 e. The fourth-order valence-electron chi connectivity index (χ4n) is 1.30. The first-order chi connectivity index (χ1) is 8.08. The summed E-state index contributed by atoms with van der Waals surface area (Å²) in [6.45, 7) is 2.46. The molecule has 5 nitrogen and oxygen atoms in total. The van der Waals surface area contributed by atoms with E-state index in [-0.39, 0.29) is 11.8 Å². The number of thiocarbonyl (C=S) groups is 1. The van der Waals surface area contributed by atoms with Crippen molar-refractivity contribution in [2.75, 3.05) is 0 Å². The van der Waals surface area contributed by atoms with Gasteiger partial charge in [0.15, 0.2) is 0 Å². The predicted molar refractivity (Wildman–Crippen MR) is 68.7 cm³/mol. The number of amides is 1. The summed E-state index contributed by atoms with van der Waals surface area (Å²) in [6, 6.07) is 0. The van der Waals surface area contributed by atoms with E-state index in [0.29, 0.717) is 18.0 Å². The van der Waals surface area contributed by atoms with E-state index in [4.69, 9.17) is 18.0 Å². The van der Waals surface area contributed by atoms with Gasteiger partial charge < -0.3 is 11.1 Å². The molecular weight excluding hydrogens is 236 g/mol. The topological polar surface area (TPSA) is 80.9 Å². The van der Waals surface area contributed by atoms with Gasteiger partial charge in [0.25, 0.3) is 0 Å². The Bertz CT molecular complexity index is 382. The molecule has 1 rings (SSSR count). The van der Waals surface area contributed by atoms with Crippen molar-refractivity contribution in [2.45, 2.75) is 19.9 Å². The minimum absolute atomic E-state index is 0.0412. The second-order valence-electron chi connectivity index (χ2n) is 3.78. The van der Waals surface area contributed by atoms with Crippen LogP contribution in [0.1, 0.15) is 18.9 Å². The largest absolute Gasteiger partial charge is 0.375 e. The summed E-state index contributed by atoms with van der Waals surface area (Å²) in [7, 11) is 0. The average molecular weight is 251 g/mol. The van der Waals surface area contributed by atoms with Crippen LogP contribution in [0.5, 0.6) is 0 Å². The molecule has 0 aliphatic heterocycles. The van der Waals surface area contributed by atoms with E-state index in [9.17, 15) is 4.79 Å². The van der Waals surface area contributed by atoms with Crippen molar-refractivity contribution in [1.29, 1.82) is 0 Å². The van der Waals surface area contributed by atoms with Gasteiger partial charge in [0.2, 0.25) is 5.91 Å². The fraction of sp³-hybridized carbons (Fsp3) is 0.364. The van der Waals surface area contributed by atoms with Crippen LogP contribution < -0.4 is 11.1 Å². The van der Waals surface area contributed by atoms with Crippen molar-refractivity contribution in [3.8, 4) is 0 Å². The van der Waals surface area contributed by atoms with Crippen LogP contribution in [0.4, 0.5) is 0 Å². The van der Waals surface area contributed by atoms with E-state index in [1.54, 1.807) is 12.4 Å². The summed E-state index contributed by atoms with van der Waals surface area (Å²) in [5, 5.41) is 3.05. The Kier molecular flexibility index (Phi) is 5.48. The molecule has 1 heterocycles. The van der Waals surface area contributed by atoms with E-state index in [2.05, 4.69) is 15.3 Å². The molecule has 0 fully saturated rings. The molecule has 17 heavy (non-hydrogen) atoms. The van der Waals surface area contributed by atoms with Gasteiger partial charge in [0, 0.05) is 37.3 Å². The van der Waals surface area contributed by atoms with Gasteiger partial charge >= 0.3 is 0 Å². The van der Waals surface area contributed by atoms with Gasteiger partial charge in [-0.1, -0.05) is 19.1 Å². The molecule has 0 saturated heterocycles. The number of nitrogens with zero attached hydrogens (tertiary/aromatic N) is 2. The van der Waals surface area contributed by atoms with Crippen LogP contribution in [0.25, 0.3) is 0 Å². The molecule has 1 amide bonds. The number of nitrogens with two attached hydrogens (primary N) is 1. The number of primary amides is 1. The zero-order valence-electron chi connectivity index (χ0n) is 9.59. The van der Waals surface area contributed by atoms with Gasteiger partial charge in [-0.2, -0.15) is 0 Å². The van der Waals surface area contributed by atoms with E-state index in [1.165, 1.54) is 6.33 Å². The smallest absolute Gasteiger partial charge is 0.217 e. The Morgan fingerprint density at radius 1 is 1.59 bits per heavy atom. The molecule has 0 aliphatic rings. The highest BCUT2D eigenvalue weighted by Crippen LogP contribution is 2.06. The van der Waals surface area contributed by atoms with Crippen molar-refractivity contribution >= 4 is 23.1 Å². The van der Waals surface area contributed by atoms with E-state index in [0.717, 1.165) is 5.56 Å². The van der Waals surface area contributed by atoms with Crippen LogP contribution in [0.3, 0.4) is 0 Å². The number of aromatic nitrogens is 2. The summed E-state index contributed by atoms with van der Waals surface area (Å²) < 4.78 is 0. The number of hydrogen-bond acceptors (Lipinski definition) is 4. The van der Waals surface area contributed by atoms with Gasteiger partial charge in [-0.15, -0.1) is 0 Å². The van der Waals surface area contributed by atoms with Gasteiger partial charge in [-0.05, 0) is 5.92 Å². The van der Waals surface area contributed by atoms with Gasteiger partial charge in [0.05, 0.1) is 4.99 Å². The van der Waals surface area contributed by atoms with Crippen molar-refractivity contribution in [1.82, 2.24) is 15.3 Å². The summed E-state index contributed by atoms with van der Waals surface area (Å²) in [5.41, 5.74) is 6.04. The van der Waals surface area contributed by atoms with Crippen molar-refractivity contribution in [3.63, 3.8) is 0 Å². The minimum Gasteiger partial charge on any atom is -0.375 e. The standard InChI is InChI=1S/C11H15N4OS/c1-8(2-10(12)16)3-11(17)15-6-9-4-13-7-14-5-9/h3-5,7-8H,2,6H2,1H3,(H2,12,16)(H,15,17)/t8-/m1/s1. The van der Waals surface area contributed by atoms with E-state index < -0.39 is 0 Å². The fourth-order valence-corrected chi connectivity index (χ4v) is 1.61. The molecule has 0 bridgehead atoms. The molecular formula is C11H15N4OS. The molecule has 1 aromatic heterocycles. The third-order valence-corrected chi connectivity index (χ3v) is 2.32. The third kappa shape index (κ3) is 5.91. The summed E-state index contributed by atoms with van der Waals surface area (Å²) >= 11 is 5.12. The second kappa shape index (κ2) is 6.90. The lowest BCUT2D eigenvalue weighted by Gasteiger charge is -2.11. The maximum absolute atomic E-state index is 10.7. The predicted octanol–water partition coefficient (Wildman–Crippen LogP) is 0.609. The molecule has 0 saturated carbocycles. The highest BCUT2D eigenvalue weighted by Gasteiger charge is 2.09. The Balaban J connectivity index is 2.28. The molecule has 0 aliphatic carbocycles. The van der Waals surface area contributed by atoms with Gasteiger partial charge in [-0.3, -0.25) is 4.79 Å². The second-order valence-corrected chi connectivity index (χ2v) is 4.22. The van der Waals surface area contributed by atoms with Gasteiger partial charge in [-0.25, -0.2) is 9.97 Å². The lowest BCUT2D eigenvalue weighted by molar-refractivity contribution is -0.118. The van der Waals surface area contributed by atoms with Crippen molar-refractivity contribution < 1.29 is 4.79 Å². The average Bonchev–Trinajstić information content (AvgIpc) is 2.26. The van der Waals surface area contributed by atoms with Crippen molar-refractivity contribution in [2.24, 2.45) is 11.7 Å². The monoisotopic (exact) mass is 251 g/mol. The molecule has 91 valence electrons. The van der Waals surface area contributed by atoms with Crippen LogP contribution in [-0.2, 0) is 11.3 Å². The van der Waals surface area contributed by atoms with Crippen LogP contribution in [0.15, 0.2) is 18.7 Å². The first-order valence-corrected chi connectivity index (χ1v) is 5.63. The van der Waals surface area contributed by atoms with E-state index >= 15 is 0 Å². The zero-order valence-corrected chi connectivity index (χ0v) is 10.4. The molecule has 0 spiro atoms. The quantitative estimate of drug-likeness (QED) is 0.724. The number of carbonyl (C=O) groups excluding carboxylic acids is 1. The zero-order chi connectivity index (χ0) is 12.7. The molecule has 1 aromatic rings. The Hall–Kier alpha value is -1.56. The summed E-state index contributed by atoms with van der Waals surface area (Å²) in [6.07, 6.45) is 7.02. The van der Waals surface area contributed by atoms with Crippen LogP contribution in [0.2, 0.25) is 0 Å². The highest BCUT2D eigenvalue weighted by molar-refractivity contribution is 7.80. The Morgan fingerprint density at radius 3 is 2.82 bits per heavy atom. The van der Waals surface area contributed by atoms with Crippen molar-refractivity contribution in [3.05, 3.63) is 30.7 Å². The SMILES string of the molecule is C[C@@H]([CH]C(=S)NCc1cncnc1)CC(N)=O. The summed E-state index contributed by atoms with van der Waals surface area (Å²) in [5.74, 6) is -0.285. The summed E-state index contributed by atoms with van der Waals surface area (Å²) in [4.78, 5) is 19.1. The molecule has 0 unspecified atom stereocenters. The number of rotatable bonds is 6. The first-order valence-electron chi connectivity index (χ1n) is 5.23. The molecule has 1 radical (unpaired) electrons. The molecule has 6 heteroatoms. The number of carbonyl (C=O) groups is 1. The van der Waals surface area contributed by atoms with Crippen LogP contribution in [0, 0.1) is 12.3 Å². The van der Waals surface area contributed by atoms with Gasteiger partial charge in [0.1, 0.15) is 6.33 Å². The van der Waals surface area contributed by atoms with Crippen LogP contribution in [-0.4, -0.2) is 20.9 Å².